The van der Waals surface area contributed by atoms with Gasteiger partial charge in [0.1, 0.15) is 23.0 Å². The van der Waals surface area contributed by atoms with Crippen molar-refractivity contribution in [1.29, 1.82) is 0 Å². The van der Waals surface area contributed by atoms with Gasteiger partial charge in [0.2, 0.25) is 0 Å². The molecule has 0 bridgehead atoms. The molecule has 1 amide bonds. The van der Waals surface area contributed by atoms with Crippen LogP contribution in [0.15, 0.2) is 36.4 Å². The van der Waals surface area contributed by atoms with Crippen molar-refractivity contribution in [2.45, 2.75) is 31.9 Å². The number of nitrogen functional groups attached to an aromatic ring is 1. The normalized spacial score (nSPS) is 18.4. The monoisotopic (exact) mass is 332 g/mol. The van der Waals surface area contributed by atoms with Crippen molar-refractivity contribution in [3.63, 3.8) is 0 Å². The SMILES string of the molecule is CC1(C)CC(NC(=O)c2ccc(F)cc2F)c2cc(N)ccc2O1. The molecule has 0 fully saturated rings. The highest BCUT2D eigenvalue weighted by Crippen LogP contribution is 2.40. The smallest absolute Gasteiger partial charge is 0.254 e. The van der Waals surface area contributed by atoms with E-state index in [1.165, 1.54) is 0 Å². The summed E-state index contributed by atoms with van der Waals surface area (Å²) in [6, 6.07) is 7.69. The lowest BCUT2D eigenvalue weighted by Gasteiger charge is -2.38. The third-order valence-corrected chi connectivity index (χ3v) is 3.97. The number of carbonyl (C=O) groups is 1. The quantitative estimate of drug-likeness (QED) is 0.826. The number of fused-ring (bicyclic) bond motifs is 1. The molecule has 2 aromatic carbocycles. The number of benzene rings is 2. The van der Waals surface area contributed by atoms with Gasteiger partial charge in [-0.05, 0) is 44.2 Å². The largest absolute Gasteiger partial charge is 0.487 e. The molecule has 0 aliphatic carbocycles. The van der Waals surface area contributed by atoms with Crippen molar-refractivity contribution in [3.8, 4) is 5.75 Å². The highest BCUT2D eigenvalue weighted by Gasteiger charge is 2.35. The fraction of sp³-hybridized carbons (Fsp3) is 0.278. The zero-order valence-corrected chi connectivity index (χ0v) is 13.4. The molecule has 3 rings (SSSR count). The minimum atomic E-state index is -0.897. The Kier molecular flexibility index (Phi) is 3.91. The lowest BCUT2D eigenvalue weighted by Crippen LogP contribution is -2.41. The van der Waals surface area contributed by atoms with Crippen molar-refractivity contribution in [2.24, 2.45) is 0 Å². The third-order valence-electron chi connectivity index (χ3n) is 3.97. The van der Waals surface area contributed by atoms with Crippen molar-refractivity contribution in [1.82, 2.24) is 5.32 Å². The molecule has 0 spiro atoms. The van der Waals surface area contributed by atoms with E-state index in [4.69, 9.17) is 10.5 Å². The summed E-state index contributed by atoms with van der Waals surface area (Å²) in [6.07, 6.45) is 0.498. The van der Waals surface area contributed by atoms with Gasteiger partial charge in [-0.25, -0.2) is 8.78 Å². The maximum Gasteiger partial charge on any atom is 0.254 e. The van der Waals surface area contributed by atoms with Crippen LogP contribution in [0.4, 0.5) is 14.5 Å². The van der Waals surface area contributed by atoms with Crippen molar-refractivity contribution in [2.75, 3.05) is 5.73 Å². The number of rotatable bonds is 2. The van der Waals surface area contributed by atoms with Crippen LogP contribution in [0.2, 0.25) is 0 Å². The second kappa shape index (κ2) is 5.78. The van der Waals surface area contributed by atoms with Crippen LogP contribution in [0.1, 0.15) is 42.2 Å². The molecule has 3 N–H and O–H groups in total. The predicted molar refractivity (Wildman–Crippen MR) is 86.7 cm³/mol. The van der Waals surface area contributed by atoms with Gasteiger partial charge in [-0.1, -0.05) is 0 Å². The maximum atomic E-state index is 13.8. The van der Waals surface area contributed by atoms with Gasteiger partial charge in [-0.3, -0.25) is 4.79 Å². The Morgan fingerprint density at radius 3 is 2.71 bits per heavy atom. The molecule has 126 valence electrons. The highest BCUT2D eigenvalue weighted by molar-refractivity contribution is 5.94. The number of nitrogens with two attached hydrogens (primary N) is 1. The summed E-state index contributed by atoms with van der Waals surface area (Å²) in [6.45, 7) is 3.81. The van der Waals surface area contributed by atoms with Crippen LogP contribution in [0.5, 0.6) is 5.75 Å². The molecule has 0 saturated carbocycles. The minimum Gasteiger partial charge on any atom is -0.487 e. The summed E-state index contributed by atoms with van der Waals surface area (Å²) < 4.78 is 32.7. The first-order valence-corrected chi connectivity index (χ1v) is 7.59. The number of nitrogens with one attached hydrogen (secondary N) is 1. The molecular weight excluding hydrogens is 314 g/mol. The molecule has 1 aliphatic rings. The lowest BCUT2D eigenvalue weighted by molar-refractivity contribution is 0.0619. The van der Waals surface area contributed by atoms with Crippen molar-refractivity contribution < 1.29 is 18.3 Å². The molecule has 1 aliphatic heterocycles. The molecule has 1 atom stereocenters. The second-order valence-corrected chi connectivity index (χ2v) is 6.51. The van der Waals surface area contributed by atoms with Gasteiger partial charge in [0.05, 0.1) is 11.6 Å². The summed E-state index contributed by atoms with van der Waals surface area (Å²) >= 11 is 0. The molecule has 0 radical (unpaired) electrons. The first kappa shape index (κ1) is 16.2. The Morgan fingerprint density at radius 2 is 2.00 bits per heavy atom. The molecule has 24 heavy (non-hydrogen) atoms. The number of anilines is 1. The lowest BCUT2D eigenvalue weighted by atomic mass is 9.89. The molecule has 1 unspecified atom stereocenters. The van der Waals surface area contributed by atoms with Gasteiger partial charge in [0.15, 0.2) is 0 Å². The Balaban J connectivity index is 1.91. The van der Waals surface area contributed by atoms with E-state index in [1.54, 1.807) is 18.2 Å². The van der Waals surface area contributed by atoms with E-state index in [2.05, 4.69) is 5.32 Å². The van der Waals surface area contributed by atoms with Gasteiger partial charge in [-0.15, -0.1) is 0 Å². The maximum absolute atomic E-state index is 13.8. The van der Waals surface area contributed by atoms with Crippen LogP contribution < -0.4 is 15.8 Å². The average Bonchev–Trinajstić information content (AvgIpc) is 2.47. The molecule has 2 aromatic rings. The Bertz CT molecular complexity index is 806. The first-order chi connectivity index (χ1) is 11.2. The van der Waals surface area contributed by atoms with Gasteiger partial charge < -0.3 is 15.8 Å². The third kappa shape index (κ3) is 3.18. The van der Waals surface area contributed by atoms with Crippen LogP contribution in [-0.2, 0) is 0 Å². The van der Waals surface area contributed by atoms with Gasteiger partial charge >= 0.3 is 0 Å². The summed E-state index contributed by atoms with van der Waals surface area (Å²) in [4.78, 5) is 12.4. The number of ether oxygens (including phenoxy) is 1. The zero-order valence-electron chi connectivity index (χ0n) is 13.4. The van der Waals surface area contributed by atoms with Crippen molar-refractivity contribution >= 4 is 11.6 Å². The standard InChI is InChI=1S/C18H18F2N2O2/c1-18(2)9-15(13-8-11(21)4-6-16(13)24-18)22-17(23)12-5-3-10(19)7-14(12)20/h3-8,15H,9,21H2,1-2H3,(H,22,23). The Hall–Kier alpha value is -2.63. The Morgan fingerprint density at radius 1 is 1.25 bits per heavy atom. The summed E-state index contributed by atoms with van der Waals surface area (Å²) in [5, 5.41) is 2.80. The summed E-state index contributed by atoms with van der Waals surface area (Å²) in [5.41, 5.74) is 6.41. The van der Waals surface area contributed by atoms with E-state index in [9.17, 15) is 13.6 Å². The van der Waals surface area contributed by atoms with Gasteiger partial charge in [-0.2, -0.15) is 0 Å². The van der Waals surface area contributed by atoms with E-state index >= 15 is 0 Å². The number of hydrogen-bond acceptors (Lipinski definition) is 3. The van der Waals surface area contributed by atoms with Crippen LogP contribution in [-0.4, -0.2) is 11.5 Å². The molecule has 0 aromatic heterocycles. The number of amides is 1. The summed E-state index contributed by atoms with van der Waals surface area (Å²) in [7, 11) is 0. The fourth-order valence-corrected chi connectivity index (χ4v) is 2.91. The minimum absolute atomic E-state index is 0.203. The molecule has 0 saturated heterocycles. The van der Waals surface area contributed by atoms with E-state index < -0.39 is 23.1 Å². The average molecular weight is 332 g/mol. The Labute approximate surface area is 138 Å². The molecule has 6 heteroatoms. The van der Waals surface area contributed by atoms with Crippen LogP contribution in [0.3, 0.4) is 0 Å². The zero-order chi connectivity index (χ0) is 17.5. The number of hydrogen-bond donors (Lipinski definition) is 2. The van der Waals surface area contributed by atoms with E-state index in [0.717, 1.165) is 17.7 Å². The van der Waals surface area contributed by atoms with Crippen LogP contribution in [0.25, 0.3) is 0 Å². The summed E-state index contributed by atoms with van der Waals surface area (Å²) in [5.74, 6) is -1.60. The molecule has 4 nitrogen and oxygen atoms in total. The van der Waals surface area contributed by atoms with Crippen molar-refractivity contribution in [3.05, 3.63) is 59.2 Å². The molecular formula is C18H18F2N2O2. The predicted octanol–water partition coefficient (Wildman–Crippen LogP) is 3.58. The van der Waals surface area contributed by atoms with E-state index in [1.807, 2.05) is 13.8 Å². The van der Waals surface area contributed by atoms with Crippen LogP contribution in [0, 0.1) is 11.6 Å². The van der Waals surface area contributed by atoms with E-state index in [0.29, 0.717) is 23.9 Å². The fourth-order valence-electron chi connectivity index (χ4n) is 2.91. The topological polar surface area (TPSA) is 64.4 Å². The first-order valence-electron chi connectivity index (χ1n) is 7.59. The van der Waals surface area contributed by atoms with Gasteiger partial charge in [0.25, 0.3) is 5.91 Å². The van der Waals surface area contributed by atoms with Gasteiger partial charge in [0, 0.05) is 23.7 Å². The second-order valence-electron chi connectivity index (χ2n) is 6.51. The molecule has 1 heterocycles. The number of halogens is 2. The highest BCUT2D eigenvalue weighted by atomic mass is 19.1. The van der Waals surface area contributed by atoms with Crippen LogP contribution >= 0.6 is 0 Å². The number of carbonyl (C=O) groups excluding carboxylic acids is 1. The van der Waals surface area contributed by atoms with E-state index in [-0.39, 0.29) is 11.6 Å².